The minimum absolute atomic E-state index is 0.0459. The maximum atomic E-state index is 14.8. The molecule has 7 rings (SSSR count). The molecule has 0 saturated heterocycles. The van der Waals surface area contributed by atoms with E-state index in [0.29, 0.717) is 77.0 Å². The average molecular weight is 1140 g/mol. The summed E-state index contributed by atoms with van der Waals surface area (Å²) in [6.45, 7) is 2.39. The van der Waals surface area contributed by atoms with Gasteiger partial charge in [-0.05, 0) is 86.0 Å². The fraction of sp³-hybridized carbons (Fsp3) is 0.679. The topological polar surface area (TPSA) is 389 Å². The van der Waals surface area contributed by atoms with Crippen LogP contribution >= 0.6 is 0 Å². The molecule has 14 N–H and O–H groups in total. The number of hydrogen-bond acceptors (Lipinski definition) is 19. The Morgan fingerprint density at radius 3 is 0.975 bits per heavy atom. The predicted molar refractivity (Wildman–Crippen MR) is 294 cm³/mol. The van der Waals surface area contributed by atoms with Gasteiger partial charge in [-0.3, -0.25) is 28.8 Å². The van der Waals surface area contributed by atoms with Gasteiger partial charge in [0.25, 0.3) is 17.7 Å². The lowest BCUT2D eigenvalue weighted by molar-refractivity contribution is -0.192. The standard InChI is InChI=1S/C56H85N7O18/c1-4-7-16-79-47-35(67)10-13-61(19-38(70)41(73)22-64)44(47)50(76)58-32-54-25-53(31-57)26-55(28-54,33-59-51(77)45-48(80-17-8-5-2)36(68)11-14-62(45)20-39(71)42(74)23-65)30-56(27-53,29-54)34-60-52(78)46-49(81-18-9-6-3)37(69)12-15-63(46)21-40(72)43(75)24-66/h10-15,38-43,64-66,70-75H,4-9,16-34,57H2,1-3H3,(H,58,76)(H,59,77)(H,60,78)/t38?,39?,40?,41?,42?,43?,53?,54-,55+,56-. The number of pyridine rings is 3. The number of aliphatic hydroxyl groups is 9. The molecule has 3 heterocycles. The van der Waals surface area contributed by atoms with E-state index < -0.39 is 132 Å². The molecule has 0 aromatic carbocycles. The normalized spacial score (nSPS) is 23.2. The Morgan fingerprint density at radius 2 is 0.741 bits per heavy atom. The molecule has 3 aromatic heterocycles. The van der Waals surface area contributed by atoms with Gasteiger partial charge in [0.1, 0.15) is 18.3 Å². The quantitative estimate of drug-likeness (QED) is 0.0310. The molecule has 3 amide bonds. The molecule has 4 bridgehead atoms. The number of ether oxygens (including phenoxy) is 3. The molecule has 4 aliphatic rings. The SMILES string of the molecule is CCCCOc1c(C(=O)NC[C@]23CC4(CN)C[C@](CNC(=O)c5c(OCCCC)c(=O)ccn5CC(O)C(O)CO)(C2)C[C@@](CNC(=O)c2c(OCCCC)c(=O)ccn2CC(O)C(O)CO)(C4)C3)n(CC(O)C(O)CO)ccc1=O. The third kappa shape index (κ3) is 15.3. The van der Waals surface area contributed by atoms with Crippen LogP contribution in [0, 0.1) is 21.7 Å². The van der Waals surface area contributed by atoms with E-state index in [1.807, 2.05) is 20.8 Å². The number of carbonyl (C=O) groups excluding carboxylic acids is 3. The minimum Gasteiger partial charge on any atom is -0.487 e. The van der Waals surface area contributed by atoms with Crippen molar-refractivity contribution in [2.75, 3.05) is 65.8 Å². The summed E-state index contributed by atoms with van der Waals surface area (Å²) < 4.78 is 21.6. The Bertz CT molecular complexity index is 2500. The highest BCUT2D eigenvalue weighted by atomic mass is 16.5. The van der Waals surface area contributed by atoms with Crippen molar-refractivity contribution in [3.05, 3.63) is 84.5 Å². The van der Waals surface area contributed by atoms with Crippen LogP contribution in [0.4, 0.5) is 0 Å². The van der Waals surface area contributed by atoms with E-state index in [9.17, 15) is 74.7 Å². The van der Waals surface area contributed by atoms with Gasteiger partial charge in [-0.15, -0.1) is 0 Å². The molecule has 4 saturated carbocycles. The minimum atomic E-state index is -1.58. The molecular formula is C56H85N7O18. The van der Waals surface area contributed by atoms with Crippen LogP contribution in [-0.2, 0) is 19.6 Å². The van der Waals surface area contributed by atoms with E-state index in [1.54, 1.807) is 0 Å². The molecular weight excluding hydrogens is 1060 g/mol. The van der Waals surface area contributed by atoms with Crippen LogP contribution in [0.15, 0.2) is 51.2 Å². The van der Waals surface area contributed by atoms with Gasteiger partial charge in [0, 0.05) is 56.4 Å². The second-order valence-electron chi connectivity index (χ2n) is 22.9. The van der Waals surface area contributed by atoms with E-state index in [2.05, 4.69) is 16.0 Å². The second-order valence-corrected chi connectivity index (χ2v) is 22.9. The zero-order valence-corrected chi connectivity index (χ0v) is 46.7. The Labute approximate surface area is 469 Å². The third-order valence-corrected chi connectivity index (χ3v) is 16.1. The molecule has 0 spiro atoms. The highest BCUT2D eigenvalue weighted by molar-refractivity contribution is 5.96. The summed E-state index contributed by atoms with van der Waals surface area (Å²) in [5.41, 5.74) is 1.01. The van der Waals surface area contributed by atoms with E-state index in [1.165, 1.54) is 50.5 Å². The summed E-state index contributed by atoms with van der Waals surface area (Å²) in [6.07, 6.45) is 0.604. The van der Waals surface area contributed by atoms with Gasteiger partial charge in [0.05, 0.1) is 77.6 Å². The largest absolute Gasteiger partial charge is 0.487 e. The second kappa shape index (κ2) is 28.5. The van der Waals surface area contributed by atoms with Gasteiger partial charge in [-0.2, -0.15) is 0 Å². The van der Waals surface area contributed by atoms with Crippen LogP contribution in [0.25, 0.3) is 0 Å². The van der Waals surface area contributed by atoms with Crippen molar-refractivity contribution in [2.45, 2.75) is 154 Å². The lowest BCUT2D eigenvalue weighted by atomic mass is 9.35. The fourth-order valence-electron chi connectivity index (χ4n) is 12.9. The lowest BCUT2D eigenvalue weighted by Crippen LogP contribution is -2.68. The Hall–Kier alpha value is -5.74. The van der Waals surface area contributed by atoms with Crippen LogP contribution in [0.2, 0.25) is 0 Å². The summed E-state index contributed by atoms with van der Waals surface area (Å²) in [7, 11) is 0. The van der Waals surface area contributed by atoms with Gasteiger partial charge < -0.3 is 95.6 Å². The first-order valence-electron chi connectivity index (χ1n) is 28.2. The van der Waals surface area contributed by atoms with Gasteiger partial charge in [0.15, 0.2) is 34.3 Å². The Balaban J connectivity index is 1.43. The first kappa shape index (κ1) is 64.4. The molecule has 6 unspecified atom stereocenters. The van der Waals surface area contributed by atoms with Crippen LogP contribution in [0.3, 0.4) is 0 Å². The molecule has 0 aliphatic heterocycles. The Kier molecular flexibility index (Phi) is 22.7. The van der Waals surface area contributed by atoms with Crippen LogP contribution in [0.5, 0.6) is 17.2 Å². The van der Waals surface area contributed by atoms with E-state index in [0.717, 1.165) is 0 Å². The number of amides is 3. The van der Waals surface area contributed by atoms with Crippen LogP contribution in [0.1, 0.15) is 129 Å². The molecule has 3 aromatic rings. The van der Waals surface area contributed by atoms with Gasteiger partial charge in [-0.25, -0.2) is 0 Å². The first-order chi connectivity index (χ1) is 38.6. The number of nitrogens with zero attached hydrogens (tertiary/aromatic N) is 3. The van der Waals surface area contributed by atoms with Crippen LogP contribution < -0.4 is 52.2 Å². The molecule has 0 radical (unpaired) electrons. The smallest absolute Gasteiger partial charge is 0.271 e. The van der Waals surface area contributed by atoms with Crippen molar-refractivity contribution < 1.29 is 74.6 Å². The van der Waals surface area contributed by atoms with Gasteiger partial charge >= 0.3 is 0 Å². The van der Waals surface area contributed by atoms with Crippen molar-refractivity contribution in [1.82, 2.24) is 29.7 Å². The predicted octanol–water partition coefficient (Wildman–Crippen LogP) is -1.27. The summed E-state index contributed by atoms with van der Waals surface area (Å²) in [4.78, 5) is 84.9. The first-order valence-corrected chi connectivity index (χ1v) is 28.2. The average Bonchev–Trinajstić information content (AvgIpc) is 1.10. The number of nitrogens with two attached hydrogens (primary N) is 1. The summed E-state index contributed by atoms with van der Waals surface area (Å²) in [5.74, 6) is -3.15. The number of unbranched alkanes of at least 4 members (excludes halogenated alkanes) is 3. The zero-order chi connectivity index (χ0) is 59.3. The Morgan fingerprint density at radius 1 is 0.481 bits per heavy atom. The van der Waals surface area contributed by atoms with Crippen molar-refractivity contribution in [3.8, 4) is 17.2 Å². The van der Waals surface area contributed by atoms with E-state index in [4.69, 9.17) is 19.9 Å². The number of nitrogens with one attached hydrogen (secondary N) is 3. The number of aliphatic hydroxyl groups excluding tert-OH is 9. The number of aromatic nitrogens is 3. The van der Waals surface area contributed by atoms with E-state index in [-0.39, 0.29) is 80.3 Å². The summed E-state index contributed by atoms with van der Waals surface area (Å²) in [5, 5.41) is 102. The number of rotatable bonds is 34. The molecule has 6 atom stereocenters. The number of hydrogen-bond donors (Lipinski definition) is 13. The van der Waals surface area contributed by atoms with Crippen molar-refractivity contribution in [3.63, 3.8) is 0 Å². The van der Waals surface area contributed by atoms with E-state index >= 15 is 0 Å². The molecule has 4 aliphatic carbocycles. The molecule has 25 nitrogen and oxygen atoms in total. The van der Waals surface area contributed by atoms with Gasteiger partial charge in [-0.1, -0.05) is 40.0 Å². The molecule has 4 fully saturated rings. The molecule has 25 heteroatoms. The third-order valence-electron chi connectivity index (χ3n) is 16.1. The maximum Gasteiger partial charge on any atom is 0.271 e. The lowest BCUT2D eigenvalue weighted by Gasteiger charge is -2.71. The summed E-state index contributed by atoms with van der Waals surface area (Å²) in [6, 6.07) is 3.50. The van der Waals surface area contributed by atoms with Crippen molar-refractivity contribution in [1.29, 1.82) is 0 Å². The summed E-state index contributed by atoms with van der Waals surface area (Å²) >= 11 is 0. The van der Waals surface area contributed by atoms with Crippen molar-refractivity contribution >= 4 is 17.7 Å². The molecule has 81 heavy (non-hydrogen) atoms. The highest BCUT2D eigenvalue weighted by Crippen LogP contribution is 2.73. The monoisotopic (exact) mass is 1140 g/mol. The number of carbonyl (C=O) groups is 3. The van der Waals surface area contributed by atoms with Gasteiger partial charge in [0.2, 0.25) is 16.3 Å². The van der Waals surface area contributed by atoms with Crippen molar-refractivity contribution in [2.24, 2.45) is 27.4 Å². The maximum absolute atomic E-state index is 14.8. The fourth-order valence-corrected chi connectivity index (χ4v) is 12.9. The zero-order valence-electron chi connectivity index (χ0n) is 46.7. The highest BCUT2D eigenvalue weighted by Gasteiger charge is 2.67. The molecule has 452 valence electrons. The van der Waals surface area contributed by atoms with Crippen LogP contribution in [-0.4, -0.2) is 180 Å².